The normalized spacial score (nSPS) is 10.8. The molecule has 37 heavy (non-hydrogen) atoms. The second kappa shape index (κ2) is 12.9. The third-order valence-electron chi connectivity index (χ3n) is 5.38. The van der Waals surface area contributed by atoms with E-state index in [0.29, 0.717) is 39.7 Å². The van der Waals surface area contributed by atoms with Gasteiger partial charge in [-0.05, 0) is 71.3 Å². The van der Waals surface area contributed by atoms with E-state index in [0.717, 1.165) is 0 Å². The van der Waals surface area contributed by atoms with Gasteiger partial charge in [0.05, 0.1) is 34.0 Å². The van der Waals surface area contributed by atoms with Gasteiger partial charge in [-0.25, -0.2) is 4.39 Å². The minimum atomic E-state index is -0.513. The van der Waals surface area contributed by atoms with Crippen molar-refractivity contribution in [1.82, 2.24) is 0 Å². The summed E-state index contributed by atoms with van der Waals surface area (Å²) in [4.78, 5) is 26.3. The summed E-state index contributed by atoms with van der Waals surface area (Å²) in [6.45, 7) is 0. The fourth-order valence-corrected chi connectivity index (χ4v) is 3.43. The highest BCUT2D eigenvalue weighted by Gasteiger charge is 2.15. The zero-order chi connectivity index (χ0) is 26.8. The molecule has 3 rings (SSSR count). The number of hydrogen-bond acceptors (Lipinski definition) is 6. The van der Waals surface area contributed by atoms with Gasteiger partial charge in [-0.1, -0.05) is 36.4 Å². The number of halogens is 1. The van der Waals surface area contributed by atoms with Gasteiger partial charge in [0, 0.05) is 0 Å². The van der Waals surface area contributed by atoms with E-state index in [1.165, 1.54) is 70.9 Å². The van der Waals surface area contributed by atoms with Crippen LogP contribution in [0.15, 0.2) is 78.4 Å². The molecular formula is C30H27FO6. The molecule has 0 N–H and O–H groups in total. The van der Waals surface area contributed by atoms with Crippen LogP contribution in [0.5, 0.6) is 23.0 Å². The highest BCUT2D eigenvalue weighted by molar-refractivity contribution is 6.31. The minimum absolute atomic E-state index is 0.0833. The molecule has 7 heteroatoms. The molecule has 0 aliphatic heterocycles. The Hall–Kier alpha value is -4.65. The molecule has 0 spiro atoms. The summed E-state index contributed by atoms with van der Waals surface area (Å²) in [7, 11) is 6.10. The van der Waals surface area contributed by atoms with Gasteiger partial charge in [0.1, 0.15) is 5.82 Å². The van der Waals surface area contributed by atoms with Crippen LogP contribution in [0.1, 0.15) is 16.7 Å². The van der Waals surface area contributed by atoms with Gasteiger partial charge in [-0.15, -0.1) is 0 Å². The monoisotopic (exact) mass is 502 g/mol. The van der Waals surface area contributed by atoms with E-state index < -0.39 is 17.4 Å². The molecule has 0 atom stereocenters. The first kappa shape index (κ1) is 26.9. The van der Waals surface area contributed by atoms with Gasteiger partial charge < -0.3 is 18.9 Å². The van der Waals surface area contributed by atoms with Gasteiger partial charge >= 0.3 is 0 Å². The lowest BCUT2D eigenvalue weighted by atomic mass is 10.0. The van der Waals surface area contributed by atoms with Gasteiger partial charge in [0.15, 0.2) is 34.6 Å². The Kier molecular flexibility index (Phi) is 9.38. The van der Waals surface area contributed by atoms with Crippen molar-refractivity contribution in [2.45, 2.75) is 0 Å². The molecule has 6 nitrogen and oxygen atoms in total. The molecule has 0 aromatic heterocycles. The lowest BCUT2D eigenvalue weighted by Crippen LogP contribution is -2.08. The van der Waals surface area contributed by atoms with Crippen molar-refractivity contribution < 1.29 is 32.9 Å². The Morgan fingerprint density at radius 1 is 0.595 bits per heavy atom. The van der Waals surface area contributed by atoms with Gasteiger partial charge in [-0.2, -0.15) is 0 Å². The molecule has 0 heterocycles. The first-order valence-corrected chi connectivity index (χ1v) is 11.2. The number of hydrogen-bond donors (Lipinski definition) is 0. The van der Waals surface area contributed by atoms with Crippen LogP contribution >= 0.6 is 0 Å². The molecule has 0 bridgehead atoms. The number of carbonyl (C=O) groups is 2. The van der Waals surface area contributed by atoms with E-state index in [4.69, 9.17) is 18.9 Å². The van der Waals surface area contributed by atoms with E-state index in [-0.39, 0.29) is 5.57 Å². The summed E-state index contributed by atoms with van der Waals surface area (Å²) in [5.74, 6) is 0.679. The molecule has 190 valence electrons. The third-order valence-corrected chi connectivity index (χ3v) is 5.38. The SMILES string of the molecule is COc1ccc(/C=C/C(=O)C(=Cc2ccc(F)cc2)C(=O)/C=C/c2ccc(OC)c(OC)c2)cc1OC. The van der Waals surface area contributed by atoms with Crippen LogP contribution < -0.4 is 18.9 Å². The predicted octanol–water partition coefficient (Wildman–Crippen LogP) is 5.81. The average Bonchev–Trinajstić information content (AvgIpc) is 2.93. The summed E-state index contributed by atoms with van der Waals surface area (Å²) in [5.41, 5.74) is 1.79. The summed E-state index contributed by atoms with van der Waals surface area (Å²) < 4.78 is 34.4. The molecule has 3 aromatic rings. The zero-order valence-electron chi connectivity index (χ0n) is 21.0. The number of ether oxygens (including phenoxy) is 4. The van der Waals surface area contributed by atoms with Crippen LogP contribution in [0.3, 0.4) is 0 Å². The maximum Gasteiger partial charge on any atom is 0.189 e. The molecular weight excluding hydrogens is 475 g/mol. The number of methoxy groups -OCH3 is 4. The smallest absolute Gasteiger partial charge is 0.189 e. The molecule has 0 unspecified atom stereocenters. The summed E-state index contributed by atoms with van der Waals surface area (Å²) in [6, 6.07) is 15.9. The highest BCUT2D eigenvalue weighted by Crippen LogP contribution is 2.29. The molecule has 0 radical (unpaired) electrons. The number of rotatable bonds is 11. The second-order valence-corrected chi connectivity index (χ2v) is 7.73. The standard InChI is InChI=1S/C30H27FO6/c1-34-27-15-9-21(18-29(27)36-3)7-13-25(32)24(17-20-5-11-23(31)12-6-20)26(33)14-8-22-10-16-28(35-2)30(19-22)37-4/h5-19H,1-4H3/b13-7+,14-8+. The van der Waals surface area contributed by atoms with E-state index in [2.05, 4.69) is 0 Å². The summed E-state index contributed by atoms with van der Waals surface area (Å²) in [6.07, 6.45) is 7.20. The van der Waals surface area contributed by atoms with Crippen molar-refractivity contribution in [3.63, 3.8) is 0 Å². The van der Waals surface area contributed by atoms with E-state index >= 15 is 0 Å². The van der Waals surface area contributed by atoms with E-state index in [1.807, 2.05) is 0 Å². The Bertz CT molecular complexity index is 1270. The van der Waals surface area contributed by atoms with Crippen molar-refractivity contribution in [3.8, 4) is 23.0 Å². The second-order valence-electron chi connectivity index (χ2n) is 7.73. The minimum Gasteiger partial charge on any atom is -0.493 e. The first-order valence-electron chi connectivity index (χ1n) is 11.2. The van der Waals surface area contributed by atoms with Crippen LogP contribution in [-0.4, -0.2) is 40.0 Å². The fraction of sp³-hybridized carbons (Fsp3) is 0.133. The Labute approximate surface area is 215 Å². The van der Waals surface area contributed by atoms with Gasteiger partial charge in [0.2, 0.25) is 0 Å². The van der Waals surface area contributed by atoms with Crippen molar-refractivity contribution in [2.75, 3.05) is 28.4 Å². The largest absolute Gasteiger partial charge is 0.493 e. The van der Waals surface area contributed by atoms with E-state index in [1.54, 1.807) is 48.6 Å². The Morgan fingerprint density at radius 2 is 1.00 bits per heavy atom. The molecule has 0 fully saturated rings. The molecule has 0 saturated carbocycles. The lowest BCUT2D eigenvalue weighted by molar-refractivity contribution is -0.116. The van der Waals surface area contributed by atoms with Crippen LogP contribution in [0.25, 0.3) is 18.2 Å². The maximum absolute atomic E-state index is 13.4. The average molecular weight is 503 g/mol. The van der Waals surface area contributed by atoms with Crippen LogP contribution in [0, 0.1) is 5.82 Å². The van der Waals surface area contributed by atoms with Crippen molar-refractivity contribution in [2.24, 2.45) is 0 Å². The van der Waals surface area contributed by atoms with Crippen molar-refractivity contribution >= 4 is 29.8 Å². The van der Waals surface area contributed by atoms with Crippen molar-refractivity contribution in [1.29, 1.82) is 0 Å². The summed E-state index contributed by atoms with van der Waals surface area (Å²) in [5, 5.41) is 0. The van der Waals surface area contributed by atoms with Crippen molar-refractivity contribution in [3.05, 3.63) is 101 Å². The number of benzene rings is 3. The lowest BCUT2D eigenvalue weighted by Gasteiger charge is -2.08. The molecule has 0 aliphatic carbocycles. The molecule has 0 aliphatic rings. The van der Waals surface area contributed by atoms with E-state index in [9.17, 15) is 14.0 Å². The third kappa shape index (κ3) is 7.18. The van der Waals surface area contributed by atoms with Crippen LogP contribution in [-0.2, 0) is 9.59 Å². The predicted molar refractivity (Wildman–Crippen MR) is 142 cm³/mol. The maximum atomic E-state index is 13.4. The number of allylic oxidation sites excluding steroid dienone is 3. The Balaban J connectivity index is 1.92. The quantitative estimate of drug-likeness (QED) is 0.187. The van der Waals surface area contributed by atoms with Gasteiger partial charge in [-0.3, -0.25) is 9.59 Å². The fourth-order valence-electron chi connectivity index (χ4n) is 3.43. The Morgan fingerprint density at radius 3 is 1.41 bits per heavy atom. The van der Waals surface area contributed by atoms with Gasteiger partial charge in [0.25, 0.3) is 0 Å². The van der Waals surface area contributed by atoms with Crippen LogP contribution in [0.2, 0.25) is 0 Å². The topological polar surface area (TPSA) is 71.1 Å². The van der Waals surface area contributed by atoms with Crippen LogP contribution in [0.4, 0.5) is 4.39 Å². The number of ketones is 2. The zero-order valence-corrected chi connectivity index (χ0v) is 21.0. The summed E-state index contributed by atoms with van der Waals surface area (Å²) >= 11 is 0. The highest BCUT2D eigenvalue weighted by atomic mass is 19.1. The molecule has 0 amide bonds. The molecule has 0 saturated heterocycles. The molecule has 3 aromatic carbocycles. The number of carbonyl (C=O) groups excluding carboxylic acids is 2. The first-order chi connectivity index (χ1) is 17.9.